The van der Waals surface area contributed by atoms with Crippen molar-refractivity contribution in [3.8, 4) is 0 Å². The molecule has 1 aromatic carbocycles. The summed E-state index contributed by atoms with van der Waals surface area (Å²) in [4.78, 5) is 24.0. The van der Waals surface area contributed by atoms with Crippen molar-refractivity contribution in [1.29, 1.82) is 0 Å². The summed E-state index contributed by atoms with van der Waals surface area (Å²) < 4.78 is 12.3. The Bertz CT molecular complexity index is 595. The van der Waals surface area contributed by atoms with Crippen molar-refractivity contribution in [2.45, 2.75) is 18.1 Å². The van der Waals surface area contributed by atoms with Gasteiger partial charge in [0.2, 0.25) is 0 Å². The maximum absolute atomic E-state index is 12.3. The average molecular weight is 331 g/mol. The molecular formula is C12H16ClN4O3P. The molecule has 21 heavy (non-hydrogen) atoms. The fourth-order valence-corrected chi connectivity index (χ4v) is 3.53. The number of nitrogens with one attached hydrogen (secondary N) is 1. The van der Waals surface area contributed by atoms with Crippen LogP contribution in [0, 0.1) is 0 Å². The number of hydrogen-bond acceptors (Lipinski definition) is 5. The number of halogens is 1. The first-order chi connectivity index (χ1) is 9.84. The van der Waals surface area contributed by atoms with Gasteiger partial charge in [0, 0.05) is 17.1 Å². The summed E-state index contributed by atoms with van der Waals surface area (Å²) in [5, 5.41) is 2.11. The molecule has 9 heteroatoms. The van der Waals surface area contributed by atoms with Crippen LogP contribution in [-0.2, 0) is 9.36 Å². The quantitative estimate of drug-likeness (QED) is 0.428. The molecule has 2 atom stereocenters. The van der Waals surface area contributed by atoms with Crippen molar-refractivity contribution in [3.63, 3.8) is 0 Å². The van der Waals surface area contributed by atoms with Gasteiger partial charge < -0.3 is 15.4 Å². The van der Waals surface area contributed by atoms with E-state index in [0.29, 0.717) is 18.0 Å². The minimum absolute atomic E-state index is 0.220. The SMILES string of the molecule is NN1CCC[C@](N)([PH](=O)NC(=O)c2ccc(Cl)cc2)C1=O. The lowest BCUT2D eigenvalue weighted by Crippen LogP contribution is -2.60. The Balaban J connectivity index is 2.11. The lowest BCUT2D eigenvalue weighted by Gasteiger charge is -2.35. The first-order valence-corrected chi connectivity index (χ1v) is 8.10. The van der Waals surface area contributed by atoms with Gasteiger partial charge in [-0.2, -0.15) is 0 Å². The average Bonchev–Trinajstić information content (AvgIpc) is 2.45. The van der Waals surface area contributed by atoms with Gasteiger partial charge in [0.05, 0.1) is 0 Å². The Hall–Kier alpha value is -1.40. The van der Waals surface area contributed by atoms with E-state index < -0.39 is 25.0 Å². The van der Waals surface area contributed by atoms with Gasteiger partial charge >= 0.3 is 0 Å². The Morgan fingerprint density at radius 1 is 1.38 bits per heavy atom. The van der Waals surface area contributed by atoms with Gasteiger partial charge in [0.25, 0.3) is 11.8 Å². The first kappa shape index (κ1) is 16.0. The second-order valence-electron chi connectivity index (χ2n) is 4.86. The van der Waals surface area contributed by atoms with Crippen LogP contribution in [-0.4, -0.2) is 28.6 Å². The highest BCUT2D eigenvalue weighted by molar-refractivity contribution is 7.46. The van der Waals surface area contributed by atoms with E-state index >= 15 is 0 Å². The van der Waals surface area contributed by atoms with Crippen LogP contribution in [0.25, 0.3) is 0 Å². The van der Waals surface area contributed by atoms with Crippen molar-refractivity contribution in [2.24, 2.45) is 11.6 Å². The number of benzene rings is 1. The molecule has 1 aliphatic rings. The molecule has 2 amide bonds. The zero-order chi connectivity index (χ0) is 15.6. The maximum Gasteiger partial charge on any atom is 0.265 e. The number of nitrogens with two attached hydrogens (primary N) is 2. The van der Waals surface area contributed by atoms with Crippen LogP contribution in [0.15, 0.2) is 24.3 Å². The fourth-order valence-electron chi connectivity index (χ4n) is 2.09. The van der Waals surface area contributed by atoms with Gasteiger partial charge in [-0.25, -0.2) is 5.84 Å². The third kappa shape index (κ3) is 3.27. The number of carbonyl (C=O) groups is 2. The number of carbonyl (C=O) groups excluding carboxylic acids is 2. The van der Waals surface area contributed by atoms with E-state index in [-0.39, 0.29) is 12.0 Å². The minimum atomic E-state index is -2.90. The first-order valence-electron chi connectivity index (χ1n) is 6.31. The molecule has 1 aliphatic heterocycles. The van der Waals surface area contributed by atoms with Crippen molar-refractivity contribution in [1.82, 2.24) is 10.1 Å². The van der Waals surface area contributed by atoms with Crippen LogP contribution in [0.1, 0.15) is 23.2 Å². The molecule has 5 N–H and O–H groups in total. The van der Waals surface area contributed by atoms with Gasteiger partial charge in [-0.15, -0.1) is 0 Å². The van der Waals surface area contributed by atoms with E-state index in [1.54, 1.807) is 12.1 Å². The molecule has 7 nitrogen and oxygen atoms in total. The maximum atomic E-state index is 12.3. The number of nitrogens with zero attached hydrogens (tertiary/aromatic N) is 1. The van der Waals surface area contributed by atoms with Crippen LogP contribution >= 0.6 is 19.6 Å². The molecule has 1 saturated heterocycles. The predicted molar refractivity (Wildman–Crippen MR) is 80.0 cm³/mol. The van der Waals surface area contributed by atoms with Crippen molar-refractivity contribution < 1.29 is 14.2 Å². The largest absolute Gasteiger partial charge is 0.310 e. The topological polar surface area (TPSA) is 119 Å². The van der Waals surface area contributed by atoms with E-state index in [9.17, 15) is 14.2 Å². The molecule has 0 spiro atoms. The minimum Gasteiger partial charge on any atom is -0.310 e. The predicted octanol–water partition coefficient (Wildman–Crippen LogP) is 0.696. The summed E-state index contributed by atoms with van der Waals surface area (Å²) in [5.41, 5.74) is 6.20. The van der Waals surface area contributed by atoms with E-state index in [0.717, 1.165) is 5.01 Å². The highest BCUT2D eigenvalue weighted by Crippen LogP contribution is 2.38. The van der Waals surface area contributed by atoms with Gasteiger partial charge in [0.15, 0.2) is 13.2 Å². The Labute approximate surface area is 127 Å². The zero-order valence-corrected chi connectivity index (χ0v) is 12.9. The van der Waals surface area contributed by atoms with Crippen molar-refractivity contribution >= 4 is 31.4 Å². The number of hydrogen-bond donors (Lipinski definition) is 3. The van der Waals surface area contributed by atoms with E-state index in [1.165, 1.54) is 12.1 Å². The number of hydrazine groups is 1. The molecule has 0 saturated carbocycles. The van der Waals surface area contributed by atoms with Crippen molar-refractivity contribution in [3.05, 3.63) is 34.9 Å². The molecule has 0 bridgehead atoms. The monoisotopic (exact) mass is 330 g/mol. The summed E-state index contributed by atoms with van der Waals surface area (Å²) in [5.74, 6) is 4.32. The summed E-state index contributed by atoms with van der Waals surface area (Å²) in [6, 6.07) is 6.07. The molecule has 1 heterocycles. The molecule has 0 aromatic heterocycles. The fraction of sp³-hybridized carbons (Fsp3) is 0.333. The third-order valence-corrected chi connectivity index (χ3v) is 5.33. The van der Waals surface area contributed by atoms with Crippen LogP contribution in [0.2, 0.25) is 5.02 Å². The van der Waals surface area contributed by atoms with Crippen LogP contribution < -0.4 is 16.7 Å². The van der Waals surface area contributed by atoms with E-state index in [2.05, 4.69) is 5.09 Å². The van der Waals surface area contributed by atoms with Gasteiger partial charge in [-0.3, -0.25) is 14.6 Å². The highest BCUT2D eigenvalue weighted by atomic mass is 35.5. The Morgan fingerprint density at radius 2 is 2.00 bits per heavy atom. The van der Waals surface area contributed by atoms with Crippen LogP contribution in [0.3, 0.4) is 0 Å². The lowest BCUT2D eigenvalue weighted by atomic mass is 10.1. The van der Waals surface area contributed by atoms with Crippen molar-refractivity contribution in [2.75, 3.05) is 6.54 Å². The molecule has 0 radical (unpaired) electrons. The second-order valence-corrected chi connectivity index (χ2v) is 7.10. The second kappa shape index (κ2) is 6.15. The zero-order valence-electron chi connectivity index (χ0n) is 11.1. The standard InChI is InChI=1S/C12H16ClN4O3P/c13-9-4-2-8(3-5-9)10(18)16-21(20)12(14)6-1-7-17(15)11(12)19/h2-5,21H,1,6-7,14-15H2,(H,16,18,20)/t12-/m0/s1. The molecular weight excluding hydrogens is 315 g/mol. The van der Waals surface area contributed by atoms with Crippen LogP contribution in [0.4, 0.5) is 0 Å². The number of amides is 2. The third-order valence-electron chi connectivity index (χ3n) is 3.35. The van der Waals surface area contributed by atoms with Gasteiger partial charge in [-0.05, 0) is 37.1 Å². The highest BCUT2D eigenvalue weighted by Gasteiger charge is 2.45. The van der Waals surface area contributed by atoms with Gasteiger partial charge in [-0.1, -0.05) is 11.6 Å². The van der Waals surface area contributed by atoms with Crippen LogP contribution in [0.5, 0.6) is 0 Å². The lowest BCUT2D eigenvalue weighted by molar-refractivity contribution is -0.136. The number of piperidine rings is 1. The smallest absolute Gasteiger partial charge is 0.265 e. The van der Waals surface area contributed by atoms with E-state index in [4.69, 9.17) is 23.2 Å². The molecule has 0 aliphatic carbocycles. The summed E-state index contributed by atoms with van der Waals surface area (Å²) in [7, 11) is -2.90. The summed E-state index contributed by atoms with van der Waals surface area (Å²) in [6.07, 6.45) is 0.754. The Kier molecular flexibility index (Phi) is 4.68. The molecule has 114 valence electrons. The normalized spacial score (nSPS) is 23.8. The van der Waals surface area contributed by atoms with E-state index in [1.807, 2.05) is 0 Å². The summed E-state index contributed by atoms with van der Waals surface area (Å²) >= 11 is 5.73. The van der Waals surface area contributed by atoms with Gasteiger partial charge in [0.1, 0.15) is 0 Å². The summed E-state index contributed by atoms with van der Waals surface area (Å²) in [6.45, 7) is 0.359. The molecule has 2 rings (SSSR count). The Morgan fingerprint density at radius 3 is 2.62 bits per heavy atom. The number of rotatable bonds is 3. The molecule has 1 fully saturated rings. The molecule has 1 unspecified atom stereocenters. The molecule has 1 aromatic rings.